The fourth-order valence-corrected chi connectivity index (χ4v) is 6.78. The van der Waals surface area contributed by atoms with Gasteiger partial charge in [0.1, 0.15) is 19.4 Å². The Morgan fingerprint density at radius 1 is 1.08 bits per heavy atom. The Labute approximate surface area is 159 Å². The molecule has 4 saturated carbocycles. The zero-order chi connectivity index (χ0) is 18.3. The van der Waals surface area contributed by atoms with Gasteiger partial charge in [-0.2, -0.15) is 0 Å². The number of fused-ring (bicyclic) bond motifs is 2. The molecular formula is C22H34BNO2. The van der Waals surface area contributed by atoms with Crippen molar-refractivity contribution >= 4 is 19.4 Å². The first-order valence-electron chi connectivity index (χ1n) is 11.0. The molecule has 2 N–H and O–H groups in total. The van der Waals surface area contributed by atoms with Gasteiger partial charge in [0.25, 0.3) is 0 Å². The fourth-order valence-electron chi connectivity index (χ4n) is 6.78. The van der Waals surface area contributed by atoms with Gasteiger partial charge in [0, 0.05) is 30.2 Å². The van der Waals surface area contributed by atoms with Crippen LogP contribution in [-0.2, 0) is 9.59 Å². The van der Waals surface area contributed by atoms with Crippen LogP contribution in [0.3, 0.4) is 0 Å². The van der Waals surface area contributed by atoms with E-state index in [9.17, 15) is 9.59 Å². The van der Waals surface area contributed by atoms with Crippen molar-refractivity contribution < 1.29 is 9.59 Å². The molecule has 0 aromatic carbocycles. The van der Waals surface area contributed by atoms with Crippen LogP contribution in [0.15, 0.2) is 11.5 Å². The number of nitrogens with two attached hydrogens (primary N) is 1. The maximum absolute atomic E-state index is 12.6. The van der Waals surface area contributed by atoms with E-state index < -0.39 is 0 Å². The van der Waals surface area contributed by atoms with E-state index in [1.54, 1.807) is 0 Å². The van der Waals surface area contributed by atoms with Crippen LogP contribution in [-0.4, -0.2) is 25.0 Å². The van der Waals surface area contributed by atoms with Crippen LogP contribution < -0.4 is 5.73 Å². The van der Waals surface area contributed by atoms with E-state index >= 15 is 0 Å². The van der Waals surface area contributed by atoms with Crippen molar-refractivity contribution in [1.29, 1.82) is 0 Å². The van der Waals surface area contributed by atoms with Crippen LogP contribution in [0, 0.1) is 29.6 Å². The predicted octanol–water partition coefficient (Wildman–Crippen LogP) is 3.16. The lowest BCUT2D eigenvalue weighted by molar-refractivity contribution is -0.122. The number of ketones is 2. The van der Waals surface area contributed by atoms with Gasteiger partial charge >= 0.3 is 0 Å². The highest BCUT2D eigenvalue weighted by Gasteiger charge is 2.51. The summed E-state index contributed by atoms with van der Waals surface area (Å²) in [4.78, 5) is 25.1. The molecule has 6 atom stereocenters. The molecule has 0 amide bonds. The number of rotatable bonds is 4. The topological polar surface area (TPSA) is 60.2 Å². The van der Waals surface area contributed by atoms with Crippen LogP contribution >= 0.6 is 0 Å². The van der Waals surface area contributed by atoms with Gasteiger partial charge in [0.05, 0.1) is 0 Å². The zero-order valence-electron chi connectivity index (χ0n) is 16.3. The zero-order valence-corrected chi connectivity index (χ0v) is 16.3. The molecule has 4 fully saturated rings. The van der Waals surface area contributed by atoms with E-state index in [0.29, 0.717) is 35.7 Å². The summed E-state index contributed by atoms with van der Waals surface area (Å²) in [5.41, 5.74) is 7.67. The first-order chi connectivity index (χ1) is 12.5. The molecule has 0 aliphatic heterocycles. The summed E-state index contributed by atoms with van der Waals surface area (Å²) >= 11 is 0. The van der Waals surface area contributed by atoms with Gasteiger partial charge in [-0.1, -0.05) is 31.8 Å². The standard InChI is InChI=1S/C22H34BNO2/c23-15(8-9-17-16-6-2-1-5-14(16)11-20(17)25)12-18-19-7-3-4-10-22(19,24)13-21(18)26/h8,14,16-19H,1-7,9-13,23-24H2/b15-8-/t14-,16?,17?,18+,19+,22?/m1/s1. The summed E-state index contributed by atoms with van der Waals surface area (Å²) < 4.78 is 0. The van der Waals surface area contributed by atoms with Gasteiger partial charge in [0.15, 0.2) is 0 Å². The van der Waals surface area contributed by atoms with Crippen molar-refractivity contribution in [2.45, 2.75) is 82.6 Å². The molecule has 4 heteroatoms. The highest BCUT2D eigenvalue weighted by molar-refractivity contribution is 6.21. The maximum atomic E-state index is 12.6. The van der Waals surface area contributed by atoms with Crippen molar-refractivity contribution in [3.05, 3.63) is 11.5 Å². The van der Waals surface area contributed by atoms with E-state index in [-0.39, 0.29) is 17.4 Å². The minimum atomic E-state index is -0.225. The Morgan fingerprint density at radius 2 is 1.85 bits per heavy atom. The van der Waals surface area contributed by atoms with Crippen LogP contribution in [0.25, 0.3) is 0 Å². The van der Waals surface area contributed by atoms with E-state index in [0.717, 1.165) is 32.1 Å². The molecule has 4 aliphatic rings. The molecule has 0 bridgehead atoms. The minimum absolute atomic E-state index is 0.123. The molecule has 0 saturated heterocycles. The fraction of sp³-hybridized carbons (Fsp3) is 0.818. The molecule has 0 spiro atoms. The van der Waals surface area contributed by atoms with Crippen LogP contribution in [0.4, 0.5) is 0 Å². The normalized spacial score (nSPS) is 43.4. The Kier molecular flexibility index (Phi) is 5.16. The second-order valence-electron chi connectivity index (χ2n) is 9.81. The lowest BCUT2D eigenvalue weighted by atomic mass is 9.70. The molecule has 0 heterocycles. The molecule has 0 radical (unpaired) electrons. The maximum Gasteiger partial charge on any atom is 0.138 e. The van der Waals surface area contributed by atoms with Crippen molar-refractivity contribution in [2.24, 2.45) is 35.3 Å². The third-order valence-electron chi connectivity index (χ3n) is 8.17. The first kappa shape index (κ1) is 18.5. The summed E-state index contributed by atoms with van der Waals surface area (Å²) in [6, 6.07) is 0. The Morgan fingerprint density at radius 3 is 2.69 bits per heavy atom. The van der Waals surface area contributed by atoms with Crippen LogP contribution in [0.1, 0.15) is 77.0 Å². The van der Waals surface area contributed by atoms with Crippen LogP contribution in [0.2, 0.25) is 0 Å². The quantitative estimate of drug-likeness (QED) is 0.788. The van der Waals surface area contributed by atoms with Gasteiger partial charge in [-0.3, -0.25) is 9.59 Å². The van der Waals surface area contributed by atoms with Crippen molar-refractivity contribution in [3.8, 4) is 0 Å². The highest BCUT2D eigenvalue weighted by Crippen LogP contribution is 2.48. The Balaban J connectivity index is 1.39. The van der Waals surface area contributed by atoms with Gasteiger partial charge in [0.2, 0.25) is 0 Å². The minimum Gasteiger partial charge on any atom is -0.324 e. The average Bonchev–Trinajstić information content (AvgIpc) is 3.06. The number of carbonyl (C=O) groups is 2. The molecule has 26 heavy (non-hydrogen) atoms. The summed E-state index contributed by atoms with van der Waals surface area (Å²) in [5, 5.41) is 0. The average molecular weight is 355 g/mol. The predicted molar refractivity (Wildman–Crippen MR) is 106 cm³/mol. The van der Waals surface area contributed by atoms with Gasteiger partial charge < -0.3 is 5.73 Å². The highest BCUT2D eigenvalue weighted by atomic mass is 16.1. The molecule has 0 aromatic rings. The van der Waals surface area contributed by atoms with Gasteiger partial charge in [-0.25, -0.2) is 0 Å². The molecule has 4 rings (SSSR count). The summed E-state index contributed by atoms with van der Waals surface area (Å²) in [6.07, 6.45) is 15.1. The third-order valence-corrected chi connectivity index (χ3v) is 8.17. The van der Waals surface area contributed by atoms with Crippen molar-refractivity contribution in [2.75, 3.05) is 0 Å². The molecule has 3 nitrogen and oxygen atoms in total. The summed E-state index contributed by atoms with van der Waals surface area (Å²) in [5.74, 6) is 2.92. The second kappa shape index (κ2) is 7.26. The van der Waals surface area contributed by atoms with E-state index in [1.807, 2.05) is 0 Å². The van der Waals surface area contributed by atoms with E-state index in [2.05, 4.69) is 13.9 Å². The summed E-state index contributed by atoms with van der Waals surface area (Å²) in [7, 11) is 2.16. The molecule has 0 aromatic heterocycles. The Hall–Kier alpha value is -0.895. The third kappa shape index (κ3) is 3.34. The van der Waals surface area contributed by atoms with Crippen molar-refractivity contribution in [1.82, 2.24) is 0 Å². The Bertz CT molecular complexity index is 615. The smallest absolute Gasteiger partial charge is 0.138 e. The van der Waals surface area contributed by atoms with Crippen LogP contribution in [0.5, 0.6) is 0 Å². The van der Waals surface area contributed by atoms with Gasteiger partial charge in [-0.05, 0) is 56.3 Å². The molecular weight excluding hydrogens is 321 g/mol. The SMILES string of the molecule is B/C(=C\CC1C(=O)C[C@H]2CCCCC12)C[C@@H]1C(=O)CC2(N)CCCC[C@@H]12. The number of allylic oxidation sites excluding steroid dienone is 2. The lowest BCUT2D eigenvalue weighted by Crippen LogP contribution is -2.46. The number of Topliss-reactive ketones (excluding diaryl/α,β-unsaturated/α-hetero) is 2. The number of hydrogen-bond donors (Lipinski definition) is 1. The largest absolute Gasteiger partial charge is 0.324 e. The molecule has 142 valence electrons. The molecule has 4 aliphatic carbocycles. The van der Waals surface area contributed by atoms with Gasteiger partial charge in [-0.15, -0.1) is 5.47 Å². The number of hydrogen-bond acceptors (Lipinski definition) is 3. The second-order valence-corrected chi connectivity index (χ2v) is 9.81. The van der Waals surface area contributed by atoms with E-state index in [4.69, 9.17) is 5.73 Å². The summed E-state index contributed by atoms with van der Waals surface area (Å²) in [6.45, 7) is 0. The van der Waals surface area contributed by atoms with Crippen molar-refractivity contribution in [3.63, 3.8) is 0 Å². The monoisotopic (exact) mass is 355 g/mol. The number of carbonyl (C=O) groups excluding carboxylic acids is 2. The first-order valence-corrected chi connectivity index (χ1v) is 11.0. The molecule has 3 unspecified atom stereocenters. The van der Waals surface area contributed by atoms with E-state index in [1.165, 1.54) is 44.0 Å². The lowest BCUT2D eigenvalue weighted by Gasteiger charge is -2.37.